The van der Waals surface area contributed by atoms with Gasteiger partial charge in [-0.15, -0.1) is 0 Å². The van der Waals surface area contributed by atoms with Crippen LogP contribution >= 0.6 is 11.6 Å². The van der Waals surface area contributed by atoms with Crippen molar-refractivity contribution in [1.29, 1.82) is 0 Å². The van der Waals surface area contributed by atoms with Crippen LogP contribution < -0.4 is 10.6 Å². The number of esters is 1. The second-order valence-corrected chi connectivity index (χ2v) is 6.02. The molecule has 2 N–H and O–H groups in total. The molecule has 1 aromatic heterocycles. The fourth-order valence-electron chi connectivity index (χ4n) is 2.77. The largest absolute Gasteiger partial charge is 0.463 e. The lowest BCUT2D eigenvalue weighted by molar-refractivity contribution is -0.139. The first-order valence-corrected chi connectivity index (χ1v) is 8.44. The number of halogens is 1. The van der Waals surface area contributed by atoms with Crippen LogP contribution in [-0.2, 0) is 23.0 Å². The SMILES string of the molecule is CCCCc1nc(Cl)c(C2NC(=O)NC(C)=C2C(=O)OCC)n1C. The number of unbranched alkanes of at least 4 members (excludes halogenated alkanes) is 1. The molecule has 0 aromatic carbocycles. The lowest BCUT2D eigenvalue weighted by atomic mass is 10.0. The van der Waals surface area contributed by atoms with Gasteiger partial charge in [0.2, 0.25) is 0 Å². The molecular weight excluding hydrogens is 332 g/mol. The van der Waals surface area contributed by atoms with E-state index in [1.54, 1.807) is 13.8 Å². The zero-order valence-corrected chi connectivity index (χ0v) is 15.2. The highest BCUT2D eigenvalue weighted by molar-refractivity contribution is 6.30. The third-order valence-corrected chi connectivity index (χ3v) is 4.26. The van der Waals surface area contributed by atoms with Gasteiger partial charge in [-0.2, -0.15) is 0 Å². The highest BCUT2D eigenvalue weighted by atomic mass is 35.5. The Bertz CT molecular complexity index is 681. The molecule has 8 heteroatoms. The Morgan fingerprint density at radius 1 is 1.42 bits per heavy atom. The summed E-state index contributed by atoms with van der Waals surface area (Å²) in [6.07, 6.45) is 2.80. The summed E-state index contributed by atoms with van der Waals surface area (Å²) in [7, 11) is 1.84. The Kier molecular flexibility index (Phi) is 5.88. The minimum atomic E-state index is -0.696. The van der Waals surface area contributed by atoms with E-state index in [9.17, 15) is 9.59 Å². The van der Waals surface area contributed by atoms with Gasteiger partial charge in [0.1, 0.15) is 11.9 Å². The van der Waals surface area contributed by atoms with Crippen molar-refractivity contribution in [3.8, 4) is 0 Å². The first-order chi connectivity index (χ1) is 11.4. The summed E-state index contributed by atoms with van der Waals surface area (Å²) >= 11 is 6.33. The van der Waals surface area contributed by atoms with Crippen molar-refractivity contribution in [2.45, 2.75) is 46.1 Å². The van der Waals surface area contributed by atoms with Crippen LogP contribution in [0.25, 0.3) is 0 Å². The molecule has 24 heavy (non-hydrogen) atoms. The normalized spacial score (nSPS) is 17.5. The zero-order valence-electron chi connectivity index (χ0n) is 14.4. The van der Waals surface area contributed by atoms with Gasteiger partial charge in [0.15, 0.2) is 5.15 Å². The summed E-state index contributed by atoms with van der Waals surface area (Å²) in [6, 6.07) is -1.09. The number of hydrogen-bond acceptors (Lipinski definition) is 4. The van der Waals surface area contributed by atoms with Crippen molar-refractivity contribution < 1.29 is 14.3 Å². The smallest absolute Gasteiger partial charge is 0.338 e. The van der Waals surface area contributed by atoms with Crippen molar-refractivity contribution in [3.63, 3.8) is 0 Å². The number of nitrogens with one attached hydrogen (secondary N) is 2. The molecule has 0 radical (unpaired) electrons. The van der Waals surface area contributed by atoms with Gasteiger partial charge in [-0.05, 0) is 20.3 Å². The number of rotatable bonds is 6. The van der Waals surface area contributed by atoms with Crippen LogP contribution in [0, 0.1) is 0 Å². The molecule has 0 saturated heterocycles. The Balaban J connectivity index is 2.48. The molecule has 0 aliphatic carbocycles. The molecule has 1 aliphatic heterocycles. The maximum absolute atomic E-state index is 12.4. The molecule has 1 atom stereocenters. The molecule has 1 aliphatic rings. The second-order valence-electron chi connectivity index (χ2n) is 5.66. The Morgan fingerprint density at radius 3 is 2.75 bits per heavy atom. The van der Waals surface area contributed by atoms with Gasteiger partial charge in [0.05, 0.1) is 17.9 Å². The van der Waals surface area contributed by atoms with Crippen LogP contribution in [0.3, 0.4) is 0 Å². The number of ether oxygens (including phenoxy) is 1. The number of hydrogen-bond donors (Lipinski definition) is 2. The molecule has 132 valence electrons. The fraction of sp³-hybridized carbons (Fsp3) is 0.562. The summed E-state index contributed by atoms with van der Waals surface area (Å²) in [4.78, 5) is 28.7. The first kappa shape index (κ1) is 18.3. The van der Waals surface area contributed by atoms with Gasteiger partial charge in [-0.25, -0.2) is 14.6 Å². The third kappa shape index (κ3) is 3.56. The van der Waals surface area contributed by atoms with E-state index >= 15 is 0 Å². The minimum absolute atomic E-state index is 0.247. The van der Waals surface area contributed by atoms with Crippen LogP contribution in [0.5, 0.6) is 0 Å². The molecule has 2 heterocycles. The van der Waals surface area contributed by atoms with Crippen LogP contribution in [0.4, 0.5) is 4.79 Å². The number of aromatic nitrogens is 2. The van der Waals surface area contributed by atoms with Gasteiger partial charge in [-0.3, -0.25) is 0 Å². The van der Waals surface area contributed by atoms with E-state index in [-0.39, 0.29) is 11.8 Å². The number of imidazole rings is 1. The van der Waals surface area contributed by atoms with Crippen molar-refractivity contribution >= 4 is 23.6 Å². The lowest BCUT2D eigenvalue weighted by Gasteiger charge is -2.28. The van der Waals surface area contributed by atoms with Gasteiger partial charge >= 0.3 is 12.0 Å². The Labute approximate surface area is 146 Å². The quantitative estimate of drug-likeness (QED) is 0.769. The summed E-state index contributed by atoms with van der Waals surface area (Å²) < 4.78 is 6.98. The highest BCUT2D eigenvalue weighted by Gasteiger charge is 2.36. The number of aryl methyl sites for hydroxylation is 1. The van der Waals surface area contributed by atoms with Crippen LogP contribution in [-0.4, -0.2) is 28.2 Å². The van der Waals surface area contributed by atoms with Crippen molar-refractivity contribution in [2.75, 3.05) is 6.61 Å². The topological polar surface area (TPSA) is 85.2 Å². The van der Waals surface area contributed by atoms with Crippen LogP contribution in [0.15, 0.2) is 11.3 Å². The molecule has 7 nitrogen and oxygen atoms in total. The van der Waals surface area contributed by atoms with E-state index < -0.39 is 18.0 Å². The Hall–Kier alpha value is -2.02. The fourth-order valence-corrected chi connectivity index (χ4v) is 3.11. The van der Waals surface area contributed by atoms with Gasteiger partial charge in [0, 0.05) is 19.2 Å². The van der Waals surface area contributed by atoms with Crippen molar-refractivity contribution in [3.05, 3.63) is 27.9 Å². The molecular formula is C16H23ClN4O3. The highest BCUT2D eigenvalue weighted by Crippen LogP contribution is 2.32. The molecule has 0 spiro atoms. The number of carbonyl (C=O) groups is 2. The number of carbonyl (C=O) groups excluding carboxylic acids is 2. The standard InChI is InChI=1S/C16H23ClN4O3/c1-5-7-8-10-19-14(17)13(21(10)4)12-11(15(22)24-6-2)9(3)18-16(23)20-12/h12H,5-8H2,1-4H3,(H2,18,20,23). The number of allylic oxidation sites excluding steroid dienone is 1. The van der Waals surface area contributed by atoms with E-state index in [0.717, 1.165) is 25.1 Å². The molecule has 2 rings (SSSR count). The molecule has 0 saturated carbocycles. The van der Waals surface area contributed by atoms with Gasteiger partial charge in [0.25, 0.3) is 0 Å². The average molecular weight is 355 g/mol. The van der Waals surface area contributed by atoms with E-state index in [0.29, 0.717) is 17.0 Å². The summed E-state index contributed by atoms with van der Waals surface area (Å²) in [5, 5.41) is 5.64. The number of amides is 2. The zero-order chi connectivity index (χ0) is 17.9. The van der Waals surface area contributed by atoms with Crippen LogP contribution in [0.1, 0.15) is 51.2 Å². The average Bonchev–Trinajstić information content (AvgIpc) is 2.78. The Morgan fingerprint density at radius 2 is 2.12 bits per heavy atom. The molecule has 0 fully saturated rings. The van der Waals surface area contributed by atoms with E-state index in [2.05, 4.69) is 22.5 Å². The van der Waals surface area contributed by atoms with Crippen molar-refractivity contribution in [1.82, 2.24) is 20.2 Å². The molecule has 2 amide bonds. The summed E-state index contributed by atoms with van der Waals surface area (Å²) in [6.45, 7) is 5.75. The maximum atomic E-state index is 12.4. The molecule has 0 bridgehead atoms. The number of urea groups is 1. The van der Waals surface area contributed by atoms with Gasteiger partial charge < -0.3 is 19.9 Å². The molecule has 1 unspecified atom stereocenters. The van der Waals surface area contributed by atoms with Crippen molar-refractivity contribution in [2.24, 2.45) is 7.05 Å². The predicted octanol–water partition coefficient (Wildman–Crippen LogP) is 2.61. The molecule has 1 aromatic rings. The summed E-state index contributed by atoms with van der Waals surface area (Å²) in [5.74, 6) is 0.338. The monoisotopic (exact) mass is 354 g/mol. The number of nitrogens with zero attached hydrogens (tertiary/aromatic N) is 2. The van der Waals surface area contributed by atoms with Gasteiger partial charge in [-0.1, -0.05) is 24.9 Å². The van der Waals surface area contributed by atoms with E-state index in [4.69, 9.17) is 16.3 Å². The maximum Gasteiger partial charge on any atom is 0.338 e. The first-order valence-electron chi connectivity index (χ1n) is 8.07. The second kappa shape index (κ2) is 7.70. The van der Waals surface area contributed by atoms with E-state index in [1.165, 1.54) is 0 Å². The lowest BCUT2D eigenvalue weighted by Crippen LogP contribution is -2.46. The third-order valence-electron chi connectivity index (χ3n) is 3.98. The predicted molar refractivity (Wildman–Crippen MR) is 90.6 cm³/mol. The van der Waals surface area contributed by atoms with Crippen LogP contribution in [0.2, 0.25) is 5.15 Å². The summed E-state index contributed by atoms with van der Waals surface area (Å²) in [5.41, 5.74) is 1.37. The minimum Gasteiger partial charge on any atom is -0.463 e. The van der Waals surface area contributed by atoms with E-state index in [1.807, 2.05) is 11.6 Å².